The van der Waals surface area contributed by atoms with Gasteiger partial charge in [0.1, 0.15) is 0 Å². The van der Waals surface area contributed by atoms with E-state index in [2.05, 4.69) is 4.99 Å². The summed E-state index contributed by atoms with van der Waals surface area (Å²) in [4.78, 5) is 26.6. The summed E-state index contributed by atoms with van der Waals surface area (Å²) in [6.45, 7) is 1.96. The number of carbonyl (C=O) groups excluding carboxylic acids is 1. The number of aliphatic imine (C=N–C) groups is 1. The van der Waals surface area contributed by atoms with Crippen molar-refractivity contribution in [1.29, 1.82) is 0 Å². The lowest BCUT2D eigenvalue weighted by molar-refractivity contribution is -0.385. The maximum absolute atomic E-state index is 11.9. The molecule has 1 heterocycles. The fourth-order valence-corrected chi connectivity index (χ4v) is 2.28. The average Bonchev–Trinajstić information content (AvgIpc) is 2.97. The smallest absolute Gasteiger partial charge is 0.363 e. The molecule has 25 heavy (non-hydrogen) atoms. The zero-order valence-electron chi connectivity index (χ0n) is 13.4. The van der Waals surface area contributed by atoms with Gasteiger partial charge in [0, 0.05) is 11.6 Å². The van der Waals surface area contributed by atoms with Gasteiger partial charge in [0.25, 0.3) is 5.69 Å². The highest BCUT2D eigenvalue weighted by Gasteiger charge is 2.23. The lowest BCUT2D eigenvalue weighted by atomic mass is 10.1. The molecule has 2 aromatic carbocycles. The summed E-state index contributed by atoms with van der Waals surface area (Å²) in [6.07, 6.45) is 4.57. The Balaban J connectivity index is 1.83. The first-order valence-electron chi connectivity index (χ1n) is 7.54. The van der Waals surface area contributed by atoms with Crippen LogP contribution in [0.15, 0.2) is 71.4 Å². The van der Waals surface area contributed by atoms with Gasteiger partial charge in [-0.25, -0.2) is 9.79 Å². The van der Waals surface area contributed by atoms with E-state index in [0.717, 1.165) is 5.56 Å². The average molecular weight is 334 g/mol. The van der Waals surface area contributed by atoms with Crippen LogP contribution >= 0.6 is 0 Å². The van der Waals surface area contributed by atoms with Crippen molar-refractivity contribution in [3.05, 3.63) is 93.2 Å². The lowest BCUT2D eigenvalue weighted by Gasteiger charge is -1.99. The SMILES string of the molecule is Cc1ccc(C2=N/C(=C\C=C\c3ccccc3[N+](=O)[O-])C(=O)O2)cc1. The van der Waals surface area contributed by atoms with Gasteiger partial charge in [-0.3, -0.25) is 10.1 Å². The molecule has 3 rings (SSSR count). The number of nitro groups is 1. The van der Waals surface area contributed by atoms with Crippen LogP contribution in [0.25, 0.3) is 6.08 Å². The first kappa shape index (κ1) is 16.3. The van der Waals surface area contributed by atoms with Crippen molar-refractivity contribution in [2.45, 2.75) is 6.92 Å². The van der Waals surface area contributed by atoms with Gasteiger partial charge in [0.2, 0.25) is 5.90 Å². The van der Waals surface area contributed by atoms with Crippen LogP contribution < -0.4 is 0 Å². The van der Waals surface area contributed by atoms with Crippen molar-refractivity contribution < 1.29 is 14.5 Å². The van der Waals surface area contributed by atoms with Crippen molar-refractivity contribution in [1.82, 2.24) is 0 Å². The fourth-order valence-electron chi connectivity index (χ4n) is 2.28. The van der Waals surface area contributed by atoms with Crippen molar-refractivity contribution in [2.75, 3.05) is 0 Å². The largest absolute Gasteiger partial charge is 0.402 e. The Hall–Kier alpha value is -3.54. The van der Waals surface area contributed by atoms with Crippen LogP contribution in [0.2, 0.25) is 0 Å². The normalized spacial score (nSPS) is 15.5. The van der Waals surface area contributed by atoms with Gasteiger partial charge in [-0.05, 0) is 37.3 Å². The summed E-state index contributed by atoms with van der Waals surface area (Å²) < 4.78 is 5.17. The number of nitrogens with zero attached hydrogens (tertiary/aromatic N) is 2. The molecule has 0 fully saturated rings. The number of hydrogen-bond acceptors (Lipinski definition) is 5. The van der Waals surface area contributed by atoms with Crippen LogP contribution in [0.5, 0.6) is 0 Å². The fraction of sp³-hybridized carbons (Fsp3) is 0.0526. The molecule has 6 heteroatoms. The van der Waals surface area contributed by atoms with Gasteiger partial charge in [0.15, 0.2) is 5.70 Å². The Morgan fingerprint density at radius 3 is 2.56 bits per heavy atom. The van der Waals surface area contributed by atoms with Crippen LogP contribution in [0.3, 0.4) is 0 Å². The van der Waals surface area contributed by atoms with E-state index < -0.39 is 10.9 Å². The van der Waals surface area contributed by atoms with Crippen LogP contribution in [0.4, 0.5) is 5.69 Å². The highest BCUT2D eigenvalue weighted by atomic mass is 16.6. The molecule has 0 saturated heterocycles. The van der Waals surface area contributed by atoms with Crippen LogP contribution in [-0.2, 0) is 9.53 Å². The van der Waals surface area contributed by atoms with Gasteiger partial charge in [-0.2, -0.15) is 0 Å². The number of esters is 1. The number of para-hydroxylation sites is 1. The van der Waals surface area contributed by atoms with Gasteiger partial charge >= 0.3 is 5.97 Å². The van der Waals surface area contributed by atoms with E-state index in [-0.39, 0.29) is 17.3 Å². The summed E-state index contributed by atoms with van der Waals surface area (Å²) in [5.74, 6) is -0.307. The zero-order valence-corrected chi connectivity index (χ0v) is 13.4. The second kappa shape index (κ2) is 6.92. The molecular formula is C19H14N2O4. The summed E-state index contributed by atoms with van der Waals surface area (Å²) >= 11 is 0. The molecule has 0 N–H and O–H groups in total. The number of carbonyl (C=O) groups is 1. The molecule has 0 atom stereocenters. The van der Waals surface area contributed by atoms with Crippen molar-refractivity contribution in [2.24, 2.45) is 4.99 Å². The number of cyclic esters (lactones) is 1. The Morgan fingerprint density at radius 1 is 1.12 bits per heavy atom. The van der Waals surface area contributed by atoms with E-state index in [4.69, 9.17) is 4.74 Å². The maximum Gasteiger partial charge on any atom is 0.363 e. The molecule has 0 spiro atoms. The summed E-state index contributed by atoms with van der Waals surface area (Å²) in [5, 5.41) is 11.0. The van der Waals surface area contributed by atoms with Gasteiger partial charge in [0.05, 0.1) is 10.5 Å². The zero-order chi connectivity index (χ0) is 17.8. The van der Waals surface area contributed by atoms with E-state index in [1.807, 2.05) is 31.2 Å². The Morgan fingerprint density at radius 2 is 1.84 bits per heavy atom. The lowest BCUT2D eigenvalue weighted by Crippen LogP contribution is -2.05. The second-order valence-electron chi connectivity index (χ2n) is 5.40. The van der Waals surface area contributed by atoms with Crippen LogP contribution in [0.1, 0.15) is 16.7 Å². The predicted octanol–water partition coefficient (Wildman–Crippen LogP) is 3.80. The topological polar surface area (TPSA) is 81.8 Å². The molecule has 6 nitrogen and oxygen atoms in total. The quantitative estimate of drug-likeness (QED) is 0.368. The van der Waals surface area contributed by atoms with Crippen molar-refractivity contribution >= 4 is 23.6 Å². The van der Waals surface area contributed by atoms with Crippen LogP contribution in [-0.4, -0.2) is 16.8 Å². The summed E-state index contributed by atoms with van der Waals surface area (Å²) in [6, 6.07) is 13.8. The standard InChI is InChI=1S/C19H14N2O4/c1-13-9-11-15(12-10-13)18-20-16(19(22)25-18)7-4-6-14-5-2-3-8-17(14)21(23)24/h2-12H,1H3/b6-4+,16-7-. The van der Waals surface area contributed by atoms with Crippen molar-refractivity contribution in [3.8, 4) is 0 Å². The number of aryl methyl sites for hydroxylation is 1. The Bertz CT molecular complexity index is 925. The molecule has 1 aliphatic heterocycles. The maximum atomic E-state index is 11.9. The van der Waals surface area contributed by atoms with E-state index >= 15 is 0 Å². The number of benzene rings is 2. The highest BCUT2D eigenvalue weighted by molar-refractivity contribution is 6.11. The van der Waals surface area contributed by atoms with Gasteiger partial charge in [-0.1, -0.05) is 35.9 Å². The Labute approximate surface area is 143 Å². The second-order valence-corrected chi connectivity index (χ2v) is 5.40. The summed E-state index contributed by atoms with van der Waals surface area (Å²) in [5.41, 5.74) is 2.39. The molecule has 0 unspecified atom stereocenters. The monoisotopic (exact) mass is 334 g/mol. The third-order valence-corrected chi connectivity index (χ3v) is 3.58. The minimum absolute atomic E-state index is 0.00464. The molecular weight excluding hydrogens is 320 g/mol. The molecule has 0 aliphatic carbocycles. The number of allylic oxidation sites excluding steroid dienone is 2. The molecule has 0 radical (unpaired) electrons. The van der Waals surface area contributed by atoms with Crippen molar-refractivity contribution in [3.63, 3.8) is 0 Å². The number of ether oxygens (including phenoxy) is 1. The first-order valence-corrected chi connectivity index (χ1v) is 7.54. The first-order chi connectivity index (χ1) is 12.0. The van der Waals surface area contributed by atoms with E-state index in [0.29, 0.717) is 11.1 Å². The number of hydrogen-bond donors (Lipinski definition) is 0. The molecule has 0 bridgehead atoms. The minimum Gasteiger partial charge on any atom is -0.402 e. The van der Waals surface area contributed by atoms with Crippen LogP contribution in [0, 0.1) is 17.0 Å². The molecule has 124 valence electrons. The van der Waals surface area contributed by atoms with Gasteiger partial charge in [-0.15, -0.1) is 0 Å². The third-order valence-electron chi connectivity index (χ3n) is 3.58. The number of nitro benzene ring substituents is 1. The molecule has 1 aliphatic rings. The third kappa shape index (κ3) is 3.69. The van der Waals surface area contributed by atoms with E-state index in [1.165, 1.54) is 12.1 Å². The molecule has 2 aromatic rings. The minimum atomic E-state index is -0.553. The summed E-state index contributed by atoms with van der Waals surface area (Å²) in [7, 11) is 0. The Kier molecular flexibility index (Phi) is 4.52. The van der Waals surface area contributed by atoms with E-state index in [9.17, 15) is 14.9 Å². The van der Waals surface area contributed by atoms with E-state index in [1.54, 1.807) is 30.4 Å². The molecule has 0 amide bonds. The predicted molar refractivity (Wildman–Crippen MR) is 94.0 cm³/mol. The molecule has 0 saturated carbocycles. The molecule has 0 aromatic heterocycles. The highest BCUT2D eigenvalue weighted by Crippen LogP contribution is 2.20. The van der Waals surface area contributed by atoms with Gasteiger partial charge < -0.3 is 4.74 Å². The number of rotatable bonds is 4.